The topological polar surface area (TPSA) is 52.7 Å². The van der Waals surface area contributed by atoms with Gasteiger partial charge in [-0.3, -0.25) is 9.69 Å². The highest BCUT2D eigenvalue weighted by molar-refractivity contribution is 5.83. The van der Waals surface area contributed by atoms with Gasteiger partial charge in [0.15, 0.2) is 0 Å². The molecule has 1 atom stereocenters. The van der Waals surface area contributed by atoms with Crippen molar-refractivity contribution < 1.29 is 19.4 Å². The number of carbonyl (C=O) groups excluding carboxylic acids is 1. The van der Waals surface area contributed by atoms with Crippen molar-refractivity contribution in [1.82, 2.24) is 9.80 Å². The van der Waals surface area contributed by atoms with Crippen molar-refractivity contribution in [2.45, 2.75) is 50.7 Å². The van der Waals surface area contributed by atoms with Gasteiger partial charge in [-0.2, -0.15) is 14.6 Å². The van der Waals surface area contributed by atoms with Gasteiger partial charge in [0.2, 0.25) is 0 Å². The quantitative estimate of drug-likeness (QED) is 0.567. The number of piperidine rings is 1. The Bertz CT molecular complexity index is 413. The highest BCUT2D eigenvalue weighted by Crippen LogP contribution is 2.27. The van der Waals surface area contributed by atoms with E-state index in [1.54, 1.807) is 4.90 Å². The molecule has 0 bridgehead atoms. The molecule has 3 heterocycles. The van der Waals surface area contributed by atoms with Crippen LogP contribution in [0.4, 0.5) is 0 Å². The minimum atomic E-state index is -1.96. The summed E-state index contributed by atoms with van der Waals surface area (Å²) in [5, 5.41) is 13.5. The Morgan fingerprint density at radius 3 is 2.13 bits per heavy atom. The van der Waals surface area contributed by atoms with Gasteiger partial charge in [0.25, 0.3) is 5.91 Å². The van der Waals surface area contributed by atoms with Gasteiger partial charge in [0, 0.05) is 13.1 Å². The maximum absolute atomic E-state index is 13.5. The Morgan fingerprint density at radius 1 is 0.957 bits per heavy atom. The zero-order valence-corrected chi connectivity index (χ0v) is 14.5. The summed E-state index contributed by atoms with van der Waals surface area (Å²) < 4.78 is 0.289. The molecule has 0 aliphatic carbocycles. The molecule has 23 heavy (non-hydrogen) atoms. The van der Waals surface area contributed by atoms with E-state index in [0.717, 1.165) is 64.7 Å². The molecule has 1 unspecified atom stereocenters. The maximum Gasteiger partial charge on any atom is 0.346 e. The molecule has 1 radical (unpaired) electrons. The molecular formula is C17H31N3O3+. The first kappa shape index (κ1) is 17.1. The summed E-state index contributed by atoms with van der Waals surface area (Å²) >= 11 is 0. The lowest BCUT2D eigenvalue weighted by atomic mass is 10.1. The molecule has 6 nitrogen and oxygen atoms in total. The first-order chi connectivity index (χ1) is 11.0. The van der Waals surface area contributed by atoms with Gasteiger partial charge < -0.3 is 4.90 Å². The van der Waals surface area contributed by atoms with Crippen LogP contribution in [0.25, 0.3) is 0 Å². The number of hydrogen-bond acceptors (Lipinski definition) is 3. The molecule has 0 spiro atoms. The Hall–Kier alpha value is -0.690. The number of quaternary nitrogens is 1. The summed E-state index contributed by atoms with van der Waals surface area (Å²) in [6.07, 6.45) is 7.53. The molecule has 3 saturated heterocycles. The molecule has 0 N–H and O–H groups in total. The van der Waals surface area contributed by atoms with Crippen molar-refractivity contribution in [1.29, 1.82) is 0 Å². The summed E-state index contributed by atoms with van der Waals surface area (Å²) in [5.74, 6) is -2.30. The van der Waals surface area contributed by atoms with Gasteiger partial charge in [0.1, 0.15) is 13.1 Å². The average molecular weight is 325 g/mol. The van der Waals surface area contributed by atoms with Crippen molar-refractivity contribution in [2.24, 2.45) is 0 Å². The first-order valence-corrected chi connectivity index (χ1v) is 9.28. The molecule has 0 aromatic heterocycles. The fourth-order valence-corrected chi connectivity index (χ4v) is 4.16. The summed E-state index contributed by atoms with van der Waals surface area (Å²) in [6, 6.07) is 0. The van der Waals surface area contributed by atoms with E-state index >= 15 is 0 Å². The summed E-state index contributed by atoms with van der Waals surface area (Å²) in [4.78, 5) is 22.8. The van der Waals surface area contributed by atoms with Crippen molar-refractivity contribution in [2.75, 3.05) is 52.9 Å². The Labute approximate surface area is 139 Å². The SMILES string of the molecule is C[N+]1(OC([O])(CN2CCCC2)C(=O)N2CCCC2)CCCCC1. The normalized spacial score (nSPS) is 28.0. The standard InChI is InChI=1S/C17H31N3O3/c1-20(13-7-2-8-14-20)23-17(22,15-18-9-3-4-10-18)16(21)19-11-5-6-12-19/h2-15H2,1H3/q+1. The van der Waals surface area contributed by atoms with E-state index in [-0.39, 0.29) is 17.1 Å². The number of hydrogen-bond donors (Lipinski definition) is 0. The molecule has 3 aliphatic rings. The molecule has 0 aromatic carbocycles. The van der Waals surface area contributed by atoms with Crippen LogP contribution in [0.3, 0.4) is 0 Å². The summed E-state index contributed by atoms with van der Waals surface area (Å²) in [5.41, 5.74) is 0. The largest absolute Gasteiger partial charge is 0.346 e. The second-order valence-electron chi connectivity index (χ2n) is 7.63. The number of carbonyl (C=O) groups is 1. The number of likely N-dealkylation sites (tertiary alicyclic amines) is 3. The fourth-order valence-electron chi connectivity index (χ4n) is 4.16. The molecule has 6 heteroatoms. The van der Waals surface area contributed by atoms with E-state index < -0.39 is 5.79 Å². The summed E-state index contributed by atoms with van der Waals surface area (Å²) in [7, 11) is 1.97. The van der Waals surface area contributed by atoms with Crippen LogP contribution in [0.5, 0.6) is 0 Å². The van der Waals surface area contributed by atoms with Crippen LogP contribution >= 0.6 is 0 Å². The van der Waals surface area contributed by atoms with E-state index in [2.05, 4.69) is 4.90 Å². The fraction of sp³-hybridized carbons (Fsp3) is 0.941. The average Bonchev–Trinajstić information content (AvgIpc) is 3.19. The molecule has 3 aliphatic heterocycles. The van der Waals surface area contributed by atoms with Crippen LogP contribution in [-0.2, 0) is 14.7 Å². The minimum absolute atomic E-state index is 0.191. The molecule has 3 rings (SSSR count). The van der Waals surface area contributed by atoms with E-state index in [0.29, 0.717) is 13.1 Å². The monoisotopic (exact) mass is 325 g/mol. The molecule has 0 aromatic rings. The van der Waals surface area contributed by atoms with Crippen LogP contribution in [0.1, 0.15) is 44.9 Å². The number of rotatable bonds is 5. The number of amides is 1. The Balaban J connectivity index is 1.74. The minimum Gasteiger partial charge on any atom is -0.338 e. The lowest BCUT2D eigenvalue weighted by molar-refractivity contribution is -1.11. The predicted octanol–water partition coefficient (Wildman–Crippen LogP) is 1.39. The zero-order chi connectivity index (χ0) is 16.3. The number of nitrogens with zero attached hydrogens (tertiary/aromatic N) is 3. The third-order valence-electron chi connectivity index (χ3n) is 5.48. The third-order valence-corrected chi connectivity index (χ3v) is 5.48. The Kier molecular flexibility index (Phi) is 5.26. The lowest BCUT2D eigenvalue weighted by Gasteiger charge is -2.41. The van der Waals surface area contributed by atoms with Crippen LogP contribution < -0.4 is 0 Å². The maximum atomic E-state index is 13.5. The molecule has 3 fully saturated rings. The zero-order valence-electron chi connectivity index (χ0n) is 14.5. The van der Waals surface area contributed by atoms with Crippen molar-refractivity contribution in [3.05, 3.63) is 0 Å². The highest BCUT2D eigenvalue weighted by Gasteiger charge is 2.51. The molecule has 0 saturated carbocycles. The van der Waals surface area contributed by atoms with Gasteiger partial charge in [0.05, 0.1) is 13.6 Å². The summed E-state index contributed by atoms with van der Waals surface area (Å²) in [6.45, 7) is 5.07. The molecule has 1 amide bonds. The van der Waals surface area contributed by atoms with E-state index in [4.69, 9.17) is 4.84 Å². The van der Waals surface area contributed by atoms with Gasteiger partial charge in [-0.1, -0.05) is 0 Å². The van der Waals surface area contributed by atoms with E-state index in [9.17, 15) is 9.90 Å². The van der Waals surface area contributed by atoms with Gasteiger partial charge in [-0.25, -0.2) is 0 Å². The second kappa shape index (κ2) is 7.05. The first-order valence-electron chi connectivity index (χ1n) is 9.28. The molecular weight excluding hydrogens is 294 g/mol. The van der Waals surface area contributed by atoms with Gasteiger partial charge in [-0.05, 0) is 58.0 Å². The van der Waals surface area contributed by atoms with E-state index in [1.165, 1.54) is 6.42 Å². The smallest absolute Gasteiger partial charge is 0.338 e. The predicted molar refractivity (Wildman–Crippen MR) is 85.8 cm³/mol. The number of hydroxylamine groups is 3. The highest BCUT2D eigenvalue weighted by atomic mass is 16.8. The van der Waals surface area contributed by atoms with Crippen LogP contribution in [0.15, 0.2) is 0 Å². The van der Waals surface area contributed by atoms with Gasteiger partial charge in [-0.15, -0.1) is 0 Å². The van der Waals surface area contributed by atoms with Crippen molar-refractivity contribution >= 4 is 5.91 Å². The third kappa shape index (κ3) is 4.05. The molecule has 131 valence electrons. The van der Waals surface area contributed by atoms with Crippen molar-refractivity contribution in [3.8, 4) is 0 Å². The Morgan fingerprint density at radius 2 is 1.52 bits per heavy atom. The van der Waals surface area contributed by atoms with Gasteiger partial charge >= 0.3 is 5.79 Å². The van der Waals surface area contributed by atoms with Crippen molar-refractivity contribution in [3.63, 3.8) is 0 Å². The van der Waals surface area contributed by atoms with Crippen LogP contribution in [0.2, 0.25) is 0 Å². The van der Waals surface area contributed by atoms with E-state index in [1.807, 2.05) is 7.05 Å². The van der Waals surface area contributed by atoms with Crippen LogP contribution in [0, 0.1) is 0 Å². The lowest BCUT2D eigenvalue weighted by Crippen LogP contribution is -2.62. The van der Waals surface area contributed by atoms with Crippen LogP contribution in [-0.4, -0.2) is 79.0 Å². The second-order valence-corrected chi connectivity index (χ2v) is 7.63.